The molecule has 4 rings (SSSR count). The molecule has 2 aromatic carbocycles. The average Bonchev–Trinajstić information content (AvgIpc) is 3.45. The zero-order valence-corrected chi connectivity index (χ0v) is 16.6. The highest BCUT2D eigenvalue weighted by atomic mass is 19.1. The Morgan fingerprint density at radius 3 is 2.74 bits per heavy atom. The molecule has 1 fully saturated rings. The van der Waals surface area contributed by atoms with Crippen LogP contribution in [-0.2, 0) is 6.54 Å². The van der Waals surface area contributed by atoms with Crippen molar-refractivity contribution in [3.63, 3.8) is 0 Å². The van der Waals surface area contributed by atoms with Crippen LogP contribution >= 0.6 is 0 Å². The quantitative estimate of drug-likeness (QED) is 0.618. The monoisotopic (exact) mass is 429 g/mol. The molecule has 1 N–H and O–H groups in total. The van der Waals surface area contributed by atoms with Crippen molar-refractivity contribution in [2.45, 2.75) is 25.0 Å². The number of tetrazole rings is 1. The Kier molecular flexibility index (Phi) is 6.17. The third-order valence-corrected chi connectivity index (χ3v) is 5.20. The van der Waals surface area contributed by atoms with E-state index in [1.165, 1.54) is 35.4 Å². The lowest BCUT2D eigenvalue weighted by molar-refractivity contribution is 0.0783. The van der Waals surface area contributed by atoms with Crippen LogP contribution < -0.4 is 4.74 Å². The van der Waals surface area contributed by atoms with Crippen LogP contribution in [0, 0.1) is 11.6 Å². The number of aromatic nitrogens is 4. The Hall–Kier alpha value is -3.40. The summed E-state index contributed by atoms with van der Waals surface area (Å²) in [5.74, 6) is -1.10. The SMILES string of the molecule is O=C(c1ccc(OCC(O)Cn2ncnn2)cc1F)N1CC[C@H](c2ccc(F)cc2)C1. The van der Waals surface area contributed by atoms with E-state index < -0.39 is 17.8 Å². The molecule has 1 aromatic heterocycles. The van der Waals surface area contributed by atoms with E-state index in [4.69, 9.17) is 4.74 Å². The number of aliphatic hydroxyl groups is 1. The standard InChI is InChI=1S/C21H21F2N5O3/c22-16-3-1-14(2-4-16)15-7-8-27(10-15)21(30)19-6-5-18(9-20(19)23)31-12-17(29)11-28-25-13-24-26-28/h1-6,9,13,15,17,29H,7-8,10-12H2/t15-,17?/m0/s1. The van der Waals surface area contributed by atoms with Crippen molar-refractivity contribution in [2.24, 2.45) is 0 Å². The maximum Gasteiger partial charge on any atom is 0.256 e. The van der Waals surface area contributed by atoms with Crippen molar-refractivity contribution in [3.8, 4) is 5.75 Å². The number of ether oxygens (including phenoxy) is 1. The van der Waals surface area contributed by atoms with Gasteiger partial charge in [0.25, 0.3) is 5.91 Å². The first-order chi connectivity index (χ1) is 15.0. The van der Waals surface area contributed by atoms with E-state index >= 15 is 0 Å². The van der Waals surface area contributed by atoms with E-state index in [0.29, 0.717) is 13.1 Å². The molecule has 8 nitrogen and oxygen atoms in total. The van der Waals surface area contributed by atoms with Crippen molar-refractivity contribution in [2.75, 3.05) is 19.7 Å². The van der Waals surface area contributed by atoms with Gasteiger partial charge in [0.2, 0.25) is 0 Å². The van der Waals surface area contributed by atoms with Crippen molar-refractivity contribution >= 4 is 5.91 Å². The van der Waals surface area contributed by atoms with Crippen molar-refractivity contribution < 1.29 is 23.4 Å². The third kappa shape index (κ3) is 5.02. The molecule has 2 atom stereocenters. The minimum absolute atomic E-state index is 0.0422. The second-order valence-electron chi connectivity index (χ2n) is 7.39. The van der Waals surface area contributed by atoms with Crippen LogP contribution in [0.3, 0.4) is 0 Å². The fourth-order valence-corrected chi connectivity index (χ4v) is 3.59. The Bertz CT molecular complexity index is 1030. The Balaban J connectivity index is 1.34. The van der Waals surface area contributed by atoms with Gasteiger partial charge in [0, 0.05) is 25.1 Å². The van der Waals surface area contributed by atoms with E-state index in [0.717, 1.165) is 18.1 Å². The van der Waals surface area contributed by atoms with Gasteiger partial charge in [-0.2, -0.15) is 4.80 Å². The molecule has 1 aliphatic rings. The van der Waals surface area contributed by atoms with Crippen molar-refractivity contribution in [1.29, 1.82) is 0 Å². The molecular formula is C21H21F2N5O3. The zero-order valence-electron chi connectivity index (χ0n) is 16.6. The van der Waals surface area contributed by atoms with Crippen LogP contribution in [0.15, 0.2) is 48.8 Å². The summed E-state index contributed by atoms with van der Waals surface area (Å²) in [6.45, 7) is 0.939. The fourth-order valence-electron chi connectivity index (χ4n) is 3.59. The molecule has 0 bridgehead atoms. The molecule has 162 valence electrons. The normalized spacial score (nSPS) is 17.0. The van der Waals surface area contributed by atoms with Crippen molar-refractivity contribution in [1.82, 2.24) is 25.1 Å². The number of rotatable bonds is 7. The van der Waals surface area contributed by atoms with E-state index in [2.05, 4.69) is 15.4 Å². The summed E-state index contributed by atoms with van der Waals surface area (Å²) in [5, 5.41) is 20.9. The van der Waals surface area contributed by atoms with Crippen LogP contribution in [0.1, 0.15) is 28.3 Å². The Morgan fingerprint density at radius 2 is 2.03 bits per heavy atom. The molecule has 1 amide bonds. The number of likely N-dealkylation sites (tertiary alicyclic amines) is 1. The number of benzene rings is 2. The first kappa shape index (κ1) is 20.9. The number of aliphatic hydroxyl groups excluding tert-OH is 1. The number of halogens is 2. The van der Waals surface area contributed by atoms with Gasteiger partial charge in [0.1, 0.15) is 30.1 Å². The molecule has 3 aromatic rings. The minimum atomic E-state index is -0.911. The number of carbonyl (C=O) groups excluding carboxylic acids is 1. The second kappa shape index (κ2) is 9.17. The summed E-state index contributed by atoms with van der Waals surface area (Å²) in [5.41, 5.74) is 0.917. The molecule has 1 aliphatic heterocycles. The molecule has 0 aliphatic carbocycles. The Morgan fingerprint density at radius 1 is 1.23 bits per heavy atom. The third-order valence-electron chi connectivity index (χ3n) is 5.20. The number of carbonyl (C=O) groups is 1. The highest BCUT2D eigenvalue weighted by Crippen LogP contribution is 2.29. The van der Waals surface area contributed by atoms with Gasteiger partial charge in [-0.1, -0.05) is 12.1 Å². The van der Waals surface area contributed by atoms with Gasteiger partial charge >= 0.3 is 0 Å². The van der Waals surface area contributed by atoms with E-state index in [-0.39, 0.29) is 36.2 Å². The van der Waals surface area contributed by atoms with E-state index in [1.807, 2.05) is 0 Å². The van der Waals surface area contributed by atoms with Crippen LogP contribution in [0.25, 0.3) is 0 Å². The van der Waals surface area contributed by atoms with Crippen LogP contribution in [-0.4, -0.2) is 61.9 Å². The largest absolute Gasteiger partial charge is 0.491 e. The summed E-state index contributed by atoms with van der Waals surface area (Å²) >= 11 is 0. The Labute approximate surface area is 177 Å². The lowest BCUT2D eigenvalue weighted by atomic mass is 9.98. The van der Waals surface area contributed by atoms with E-state index in [1.54, 1.807) is 17.0 Å². The predicted octanol–water partition coefficient (Wildman–Crippen LogP) is 2.02. The van der Waals surface area contributed by atoms with Crippen LogP contribution in [0.4, 0.5) is 8.78 Å². The summed E-state index contributed by atoms with van der Waals surface area (Å²) < 4.78 is 33.1. The van der Waals surface area contributed by atoms with Gasteiger partial charge in [0.05, 0.1) is 12.1 Å². The highest BCUT2D eigenvalue weighted by Gasteiger charge is 2.29. The molecular weight excluding hydrogens is 408 g/mol. The fraction of sp³-hybridized carbons (Fsp3) is 0.333. The van der Waals surface area contributed by atoms with Gasteiger partial charge in [-0.15, -0.1) is 10.2 Å². The summed E-state index contributed by atoms with van der Waals surface area (Å²) in [6.07, 6.45) is 1.08. The molecule has 1 unspecified atom stereocenters. The maximum absolute atomic E-state index is 14.6. The maximum atomic E-state index is 14.6. The summed E-state index contributed by atoms with van der Waals surface area (Å²) in [7, 11) is 0. The molecule has 31 heavy (non-hydrogen) atoms. The van der Waals surface area contributed by atoms with Gasteiger partial charge < -0.3 is 14.7 Å². The lowest BCUT2D eigenvalue weighted by Gasteiger charge is -2.18. The summed E-state index contributed by atoms with van der Waals surface area (Å²) in [6, 6.07) is 10.2. The molecule has 1 saturated heterocycles. The van der Waals surface area contributed by atoms with Gasteiger partial charge in [-0.3, -0.25) is 4.79 Å². The lowest BCUT2D eigenvalue weighted by Crippen LogP contribution is -2.29. The zero-order chi connectivity index (χ0) is 21.8. The van der Waals surface area contributed by atoms with Crippen molar-refractivity contribution in [3.05, 3.63) is 71.6 Å². The number of hydrogen-bond donors (Lipinski definition) is 1. The highest BCUT2D eigenvalue weighted by molar-refractivity contribution is 5.94. The smallest absolute Gasteiger partial charge is 0.256 e. The molecule has 0 spiro atoms. The summed E-state index contributed by atoms with van der Waals surface area (Å²) in [4.78, 5) is 15.6. The number of hydrogen-bond acceptors (Lipinski definition) is 6. The molecule has 0 radical (unpaired) electrons. The van der Waals surface area contributed by atoms with E-state index in [9.17, 15) is 18.7 Å². The second-order valence-corrected chi connectivity index (χ2v) is 7.39. The van der Waals surface area contributed by atoms with Gasteiger partial charge in [-0.05, 0) is 41.5 Å². The first-order valence-electron chi connectivity index (χ1n) is 9.85. The number of amides is 1. The molecule has 0 saturated carbocycles. The molecule has 10 heteroatoms. The molecule has 2 heterocycles. The number of nitrogens with zero attached hydrogens (tertiary/aromatic N) is 5. The minimum Gasteiger partial charge on any atom is -0.491 e. The van der Waals surface area contributed by atoms with Gasteiger partial charge in [-0.25, -0.2) is 8.78 Å². The predicted molar refractivity (Wildman–Crippen MR) is 105 cm³/mol. The average molecular weight is 429 g/mol. The first-order valence-corrected chi connectivity index (χ1v) is 9.85. The van der Waals surface area contributed by atoms with Gasteiger partial charge in [0.15, 0.2) is 6.33 Å². The van der Waals surface area contributed by atoms with Crippen LogP contribution in [0.5, 0.6) is 5.75 Å². The van der Waals surface area contributed by atoms with Crippen LogP contribution in [0.2, 0.25) is 0 Å². The topological polar surface area (TPSA) is 93.4 Å².